The van der Waals surface area contributed by atoms with E-state index in [0.717, 1.165) is 22.7 Å². The summed E-state index contributed by atoms with van der Waals surface area (Å²) in [5.74, 6) is -0.370. The molecule has 4 rings (SSSR count). The summed E-state index contributed by atoms with van der Waals surface area (Å²) in [7, 11) is 0. The first-order chi connectivity index (χ1) is 17.7. The van der Waals surface area contributed by atoms with Crippen LogP contribution in [-0.4, -0.2) is 39.8 Å². The molecular formula is C26H29N5O5S. The van der Waals surface area contributed by atoms with Gasteiger partial charge in [-0.3, -0.25) is 14.4 Å². The number of aromatic nitrogens is 1. The zero-order chi connectivity index (χ0) is 26.5. The number of hydrogen-bond acceptors (Lipinski definition) is 8. The van der Waals surface area contributed by atoms with Gasteiger partial charge in [0.05, 0.1) is 5.69 Å². The molecule has 3 aromatic rings. The van der Waals surface area contributed by atoms with Crippen molar-refractivity contribution in [3.8, 4) is 11.5 Å². The van der Waals surface area contributed by atoms with Crippen molar-refractivity contribution in [2.45, 2.75) is 39.4 Å². The fourth-order valence-corrected chi connectivity index (χ4v) is 4.81. The molecule has 1 aliphatic rings. The van der Waals surface area contributed by atoms with Crippen LogP contribution in [0.5, 0.6) is 11.5 Å². The Balaban J connectivity index is 1.68. The number of amides is 3. The summed E-state index contributed by atoms with van der Waals surface area (Å²) in [5, 5.41) is 2.96. The molecule has 0 saturated carbocycles. The average molecular weight is 524 g/mol. The highest BCUT2D eigenvalue weighted by molar-refractivity contribution is 7.09. The van der Waals surface area contributed by atoms with Crippen LogP contribution in [0.2, 0.25) is 0 Å². The van der Waals surface area contributed by atoms with Crippen LogP contribution >= 0.6 is 11.5 Å². The number of benzene rings is 2. The number of hydrogen-bond donors (Lipinski definition) is 3. The molecule has 1 atom stereocenters. The maximum Gasteiger partial charge on any atom is 0.270 e. The largest absolute Gasteiger partial charge is 0.454 e. The van der Waals surface area contributed by atoms with Crippen molar-refractivity contribution < 1.29 is 23.9 Å². The van der Waals surface area contributed by atoms with Gasteiger partial charge in [-0.15, -0.1) is 0 Å². The number of nitrogen functional groups attached to an aromatic ring is 1. The molecule has 2 aromatic carbocycles. The second-order valence-electron chi connectivity index (χ2n) is 9.11. The number of nitrogens with zero attached hydrogens (tertiary/aromatic N) is 2. The van der Waals surface area contributed by atoms with Crippen LogP contribution in [0.3, 0.4) is 0 Å². The molecule has 0 fully saturated rings. The number of rotatable bonds is 10. The second kappa shape index (κ2) is 11.3. The summed E-state index contributed by atoms with van der Waals surface area (Å²) < 4.78 is 14.9. The topological polar surface area (TPSA) is 150 Å². The highest BCUT2D eigenvalue weighted by atomic mass is 32.1. The number of nitrogens with one attached hydrogen (secondary N) is 1. The monoisotopic (exact) mass is 523 g/mol. The van der Waals surface area contributed by atoms with E-state index in [0.29, 0.717) is 24.5 Å². The summed E-state index contributed by atoms with van der Waals surface area (Å²) in [6.45, 7) is 4.48. The van der Waals surface area contributed by atoms with Crippen LogP contribution < -0.4 is 26.3 Å². The van der Waals surface area contributed by atoms with Gasteiger partial charge in [-0.1, -0.05) is 50.2 Å². The van der Waals surface area contributed by atoms with Crippen molar-refractivity contribution in [2.24, 2.45) is 11.7 Å². The lowest BCUT2D eigenvalue weighted by Gasteiger charge is -2.32. The van der Waals surface area contributed by atoms with Crippen LogP contribution in [0.1, 0.15) is 51.6 Å². The van der Waals surface area contributed by atoms with Gasteiger partial charge in [0.1, 0.15) is 10.9 Å². The highest BCUT2D eigenvalue weighted by Gasteiger charge is 2.34. The number of ether oxygens (including phenoxy) is 2. The third-order valence-electron chi connectivity index (χ3n) is 5.89. The van der Waals surface area contributed by atoms with Crippen LogP contribution in [0.25, 0.3) is 0 Å². The molecule has 194 valence electrons. The van der Waals surface area contributed by atoms with Crippen molar-refractivity contribution >= 4 is 34.9 Å². The van der Waals surface area contributed by atoms with E-state index in [4.69, 9.17) is 20.9 Å². The number of nitrogens with two attached hydrogens (primary N) is 2. The predicted molar refractivity (Wildman–Crippen MR) is 139 cm³/mol. The second-order valence-corrected chi connectivity index (χ2v) is 9.88. The fraction of sp³-hybridized carbons (Fsp3) is 0.308. The van der Waals surface area contributed by atoms with E-state index >= 15 is 0 Å². The van der Waals surface area contributed by atoms with Crippen LogP contribution in [0.15, 0.2) is 48.5 Å². The van der Waals surface area contributed by atoms with Crippen LogP contribution in [0.4, 0.5) is 5.69 Å². The van der Waals surface area contributed by atoms with E-state index < -0.39 is 17.9 Å². The molecule has 0 radical (unpaired) electrons. The Morgan fingerprint density at radius 1 is 1.08 bits per heavy atom. The molecule has 37 heavy (non-hydrogen) atoms. The molecule has 5 N–H and O–H groups in total. The summed E-state index contributed by atoms with van der Waals surface area (Å²) in [6.07, 6.45) is 0.401. The van der Waals surface area contributed by atoms with Crippen molar-refractivity contribution in [1.29, 1.82) is 0 Å². The smallest absolute Gasteiger partial charge is 0.270 e. The third kappa shape index (κ3) is 6.00. The lowest BCUT2D eigenvalue weighted by molar-refractivity contribution is -0.126. The SMILES string of the molecule is CC(C)C[C@H](C(=O)NCc1ccccc1)N(Cc1ccc2c(c1)OCO2)C(=O)c1snc(C(N)=O)c1N. The van der Waals surface area contributed by atoms with E-state index in [-0.39, 0.29) is 41.4 Å². The van der Waals surface area contributed by atoms with Crippen molar-refractivity contribution in [3.05, 3.63) is 70.2 Å². The number of carbonyl (C=O) groups is 3. The Hall–Kier alpha value is -4.12. The van der Waals surface area contributed by atoms with Gasteiger partial charge in [-0.05, 0) is 47.1 Å². The maximum absolute atomic E-state index is 13.9. The predicted octanol–water partition coefficient (Wildman–Crippen LogP) is 2.93. The Bertz CT molecular complexity index is 1290. The fourth-order valence-electron chi connectivity index (χ4n) is 4.04. The zero-order valence-corrected chi connectivity index (χ0v) is 21.4. The zero-order valence-electron chi connectivity index (χ0n) is 20.6. The molecule has 0 saturated heterocycles. The number of carbonyl (C=O) groups excluding carboxylic acids is 3. The van der Waals surface area contributed by atoms with Gasteiger partial charge in [0.15, 0.2) is 17.2 Å². The lowest BCUT2D eigenvalue weighted by atomic mass is 10.00. The first-order valence-corrected chi connectivity index (χ1v) is 12.6. The lowest BCUT2D eigenvalue weighted by Crippen LogP contribution is -2.49. The Labute approximate surface area is 218 Å². The van der Waals surface area contributed by atoms with Gasteiger partial charge in [0.25, 0.3) is 11.8 Å². The first-order valence-electron chi connectivity index (χ1n) is 11.8. The van der Waals surface area contributed by atoms with E-state index in [1.807, 2.05) is 50.2 Å². The highest BCUT2D eigenvalue weighted by Crippen LogP contribution is 2.34. The molecule has 2 heterocycles. The van der Waals surface area contributed by atoms with Crippen LogP contribution in [0, 0.1) is 5.92 Å². The molecule has 1 aliphatic heterocycles. The van der Waals surface area contributed by atoms with Gasteiger partial charge in [0.2, 0.25) is 12.7 Å². The van der Waals surface area contributed by atoms with Gasteiger partial charge < -0.3 is 31.2 Å². The van der Waals surface area contributed by atoms with Crippen molar-refractivity contribution in [3.63, 3.8) is 0 Å². The third-order valence-corrected chi connectivity index (χ3v) is 6.74. The maximum atomic E-state index is 13.9. The standard InChI is InChI=1S/C26H29N5O5S/c1-15(2)10-18(25(33)29-12-16-6-4-3-5-7-16)31(13-17-8-9-19-20(11-17)36-14-35-19)26(34)23-21(27)22(24(28)32)30-37-23/h3-9,11,15,18H,10,12-14,27H2,1-2H3,(H2,28,32)(H,29,33)/t18-/m1/s1. The minimum absolute atomic E-state index is 0.0548. The minimum atomic E-state index is -0.825. The Kier molecular flexibility index (Phi) is 7.92. The quantitative estimate of drug-likeness (QED) is 0.370. The summed E-state index contributed by atoms with van der Waals surface area (Å²) in [5.41, 5.74) is 12.9. The van der Waals surface area contributed by atoms with Crippen molar-refractivity contribution in [1.82, 2.24) is 14.6 Å². The Morgan fingerprint density at radius 2 is 1.81 bits per heavy atom. The van der Waals surface area contributed by atoms with Gasteiger partial charge >= 0.3 is 0 Å². The first kappa shape index (κ1) is 26.0. The van der Waals surface area contributed by atoms with Gasteiger partial charge in [-0.25, -0.2) is 0 Å². The van der Waals surface area contributed by atoms with E-state index in [1.165, 1.54) is 4.90 Å². The van der Waals surface area contributed by atoms with E-state index in [1.54, 1.807) is 12.1 Å². The number of primary amides is 1. The van der Waals surface area contributed by atoms with Crippen LogP contribution in [-0.2, 0) is 17.9 Å². The number of fused-ring (bicyclic) bond motifs is 1. The molecule has 11 heteroatoms. The number of anilines is 1. The van der Waals surface area contributed by atoms with E-state index in [2.05, 4.69) is 9.69 Å². The minimum Gasteiger partial charge on any atom is -0.454 e. The normalized spacial score (nSPS) is 12.8. The summed E-state index contributed by atoms with van der Waals surface area (Å²) in [6, 6.07) is 14.1. The summed E-state index contributed by atoms with van der Waals surface area (Å²) >= 11 is 0.786. The Morgan fingerprint density at radius 3 is 2.49 bits per heavy atom. The molecule has 3 amide bonds. The van der Waals surface area contributed by atoms with Gasteiger partial charge in [-0.2, -0.15) is 4.37 Å². The molecule has 1 aromatic heterocycles. The molecule has 0 spiro atoms. The average Bonchev–Trinajstić information content (AvgIpc) is 3.50. The molecule has 0 unspecified atom stereocenters. The van der Waals surface area contributed by atoms with Crippen molar-refractivity contribution in [2.75, 3.05) is 12.5 Å². The molecule has 0 bridgehead atoms. The van der Waals surface area contributed by atoms with E-state index in [9.17, 15) is 14.4 Å². The summed E-state index contributed by atoms with van der Waals surface area (Å²) in [4.78, 5) is 40.6. The molecule has 0 aliphatic carbocycles. The van der Waals surface area contributed by atoms with Gasteiger partial charge in [0, 0.05) is 13.1 Å². The molecule has 10 nitrogen and oxygen atoms in total. The molecular weight excluding hydrogens is 494 g/mol.